The van der Waals surface area contributed by atoms with E-state index in [1.807, 2.05) is 0 Å². The van der Waals surface area contributed by atoms with Crippen molar-refractivity contribution in [3.8, 4) is 0 Å². The summed E-state index contributed by atoms with van der Waals surface area (Å²) in [6, 6.07) is 9.30. The van der Waals surface area contributed by atoms with Gasteiger partial charge in [0.05, 0.1) is 0 Å². The van der Waals surface area contributed by atoms with Crippen LogP contribution in [0.3, 0.4) is 0 Å². The van der Waals surface area contributed by atoms with Crippen LogP contribution in [0, 0.1) is 0 Å². The van der Waals surface area contributed by atoms with Crippen molar-refractivity contribution in [2.75, 3.05) is 34.8 Å². The molecule has 1 aromatic carbocycles. The average Bonchev–Trinajstić information content (AvgIpc) is 2.30. The molecule has 88 valence electrons. The standard InChI is InChI=1S/C13H20N2S/c1-11(2)14-12-3-5-13(6-4-12)15-7-9-16-10-8-15/h3-6,11,14H,7-10H2,1-2H3. The third kappa shape index (κ3) is 3.08. The molecule has 2 nitrogen and oxygen atoms in total. The first-order chi connectivity index (χ1) is 7.75. The SMILES string of the molecule is CC(C)Nc1ccc(N2CCSCC2)cc1. The van der Waals surface area contributed by atoms with Crippen molar-refractivity contribution >= 4 is 23.1 Å². The predicted octanol–water partition coefficient (Wildman–Crippen LogP) is 3.06. The van der Waals surface area contributed by atoms with E-state index in [1.54, 1.807) is 0 Å². The van der Waals surface area contributed by atoms with E-state index >= 15 is 0 Å². The Hall–Kier alpha value is -0.830. The van der Waals surface area contributed by atoms with E-state index < -0.39 is 0 Å². The highest BCUT2D eigenvalue weighted by Gasteiger charge is 2.10. The Balaban J connectivity index is 2.00. The number of rotatable bonds is 3. The van der Waals surface area contributed by atoms with Gasteiger partial charge in [-0.3, -0.25) is 0 Å². The largest absolute Gasteiger partial charge is 0.383 e. The smallest absolute Gasteiger partial charge is 0.0368 e. The Morgan fingerprint density at radius 1 is 1.12 bits per heavy atom. The van der Waals surface area contributed by atoms with Crippen molar-refractivity contribution in [3.63, 3.8) is 0 Å². The Labute approximate surface area is 102 Å². The second kappa shape index (κ2) is 5.48. The number of nitrogens with zero attached hydrogens (tertiary/aromatic N) is 1. The molecule has 0 amide bonds. The van der Waals surface area contributed by atoms with Crippen molar-refractivity contribution in [2.45, 2.75) is 19.9 Å². The van der Waals surface area contributed by atoms with Gasteiger partial charge in [0.15, 0.2) is 0 Å². The first-order valence-corrected chi connectivity index (χ1v) is 7.10. The maximum Gasteiger partial charge on any atom is 0.0368 e. The molecule has 0 atom stereocenters. The summed E-state index contributed by atoms with van der Waals surface area (Å²) in [6.45, 7) is 6.69. The zero-order chi connectivity index (χ0) is 11.4. The van der Waals surface area contributed by atoms with E-state index in [0.717, 1.165) is 0 Å². The average molecular weight is 236 g/mol. The maximum atomic E-state index is 3.41. The summed E-state index contributed by atoms with van der Waals surface area (Å²) in [7, 11) is 0. The van der Waals surface area contributed by atoms with E-state index in [4.69, 9.17) is 0 Å². The molecule has 0 unspecified atom stereocenters. The number of anilines is 2. The summed E-state index contributed by atoms with van der Waals surface area (Å²) >= 11 is 2.05. The van der Waals surface area contributed by atoms with Crippen LogP contribution < -0.4 is 10.2 Å². The van der Waals surface area contributed by atoms with Crippen molar-refractivity contribution in [3.05, 3.63) is 24.3 Å². The number of hydrogen-bond donors (Lipinski definition) is 1. The van der Waals surface area contributed by atoms with Gasteiger partial charge in [0.2, 0.25) is 0 Å². The van der Waals surface area contributed by atoms with Crippen LogP contribution in [0.2, 0.25) is 0 Å². The van der Waals surface area contributed by atoms with Gasteiger partial charge in [-0.25, -0.2) is 0 Å². The number of nitrogens with one attached hydrogen (secondary N) is 1. The molecule has 1 aliphatic heterocycles. The van der Waals surface area contributed by atoms with Gasteiger partial charge in [0.1, 0.15) is 0 Å². The molecule has 1 fully saturated rings. The first kappa shape index (κ1) is 11.6. The van der Waals surface area contributed by atoms with Crippen molar-refractivity contribution in [1.29, 1.82) is 0 Å². The fourth-order valence-electron chi connectivity index (χ4n) is 1.92. The molecular formula is C13H20N2S. The lowest BCUT2D eigenvalue weighted by Crippen LogP contribution is -2.32. The maximum absolute atomic E-state index is 3.41. The van der Waals surface area contributed by atoms with Gasteiger partial charge in [-0.1, -0.05) is 0 Å². The van der Waals surface area contributed by atoms with Gasteiger partial charge >= 0.3 is 0 Å². The zero-order valence-electron chi connectivity index (χ0n) is 10.1. The molecule has 1 heterocycles. The lowest BCUT2D eigenvalue weighted by Gasteiger charge is -2.28. The summed E-state index contributed by atoms with van der Waals surface area (Å²) in [5, 5.41) is 3.41. The van der Waals surface area contributed by atoms with Crippen LogP contribution in [-0.4, -0.2) is 30.6 Å². The fourth-order valence-corrected chi connectivity index (χ4v) is 2.83. The molecule has 2 rings (SSSR count). The van der Waals surface area contributed by atoms with Gasteiger partial charge in [0.25, 0.3) is 0 Å². The Morgan fingerprint density at radius 2 is 1.75 bits per heavy atom. The lowest BCUT2D eigenvalue weighted by atomic mass is 10.2. The number of benzene rings is 1. The van der Waals surface area contributed by atoms with Gasteiger partial charge in [0, 0.05) is 42.0 Å². The van der Waals surface area contributed by atoms with Crippen LogP contribution in [-0.2, 0) is 0 Å². The van der Waals surface area contributed by atoms with Gasteiger partial charge in [-0.2, -0.15) is 11.8 Å². The second-order valence-electron chi connectivity index (χ2n) is 4.45. The molecule has 1 saturated heterocycles. The van der Waals surface area contributed by atoms with Crippen molar-refractivity contribution in [2.24, 2.45) is 0 Å². The highest BCUT2D eigenvalue weighted by Crippen LogP contribution is 2.21. The normalized spacial score (nSPS) is 16.6. The molecule has 1 aliphatic rings. The van der Waals surface area contributed by atoms with Crippen LogP contribution >= 0.6 is 11.8 Å². The summed E-state index contributed by atoms with van der Waals surface area (Å²) in [6.07, 6.45) is 0. The number of hydrogen-bond acceptors (Lipinski definition) is 3. The quantitative estimate of drug-likeness (QED) is 0.868. The molecule has 0 saturated carbocycles. The minimum atomic E-state index is 0.497. The summed E-state index contributed by atoms with van der Waals surface area (Å²) in [5.41, 5.74) is 2.57. The van der Waals surface area contributed by atoms with Gasteiger partial charge in [-0.15, -0.1) is 0 Å². The molecule has 0 bridgehead atoms. The molecule has 0 radical (unpaired) electrons. The fraction of sp³-hybridized carbons (Fsp3) is 0.538. The molecule has 1 aromatic rings. The third-order valence-electron chi connectivity index (χ3n) is 2.70. The topological polar surface area (TPSA) is 15.3 Å². The monoisotopic (exact) mass is 236 g/mol. The molecule has 0 aromatic heterocycles. The molecule has 0 spiro atoms. The lowest BCUT2D eigenvalue weighted by molar-refractivity contribution is 0.858. The summed E-state index contributed by atoms with van der Waals surface area (Å²) in [5.74, 6) is 2.51. The Bertz CT molecular complexity index is 315. The van der Waals surface area contributed by atoms with E-state index in [-0.39, 0.29) is 0 Å². The highest BCUT2D eigenvalue weighted by molar-refractivity contribution is 7.99. The van der Waals surface area contributed by atoms with E-state index in [9.17, 15) is 0 Å². The highest BCUT2D eigenvalue weighted by atomic mass is 32.2. The van der Waals surface area contributed by atoms with Crippen molar-refractivity contribution in [1.82, 2.24) is 0 Å². The van der Waals surface area contributed by atoms with Crippen molar-refractivity contribution < 1.29 is 0 Å². The first-order valence-electron chi connectivity index (χ1n) is 5.95. The summed E-state index contributed by atoms with van der Waals surface area (Å²) in [4.78, 5) is 2.47. The second-order valence-corrected chi connectivity index (χ2v) is 5.67. The zero-order valence-corrected chi connectivity index (χ0v) is 10.9. The van der Waals surface area contributed by atoms with E-state index in [1.165, 1.54) is 36.0 Å². The van der Waals surface area contributed by atoms with Crippen LogP contribution in [0.1, 0.15) is 13.8 Å². The molecule has 16 heavy (non-hydrogen) atoms. The molecule has 1 N–H and O–H groups in total. The van der Waals surface area contributed by atoms with Crippen LogP contribution in [0.5, 0.6) is 0 Å². The van der Waals surface area contributed by atoms with E-state index in [0.29, 0.717) is 6.04 Å². The van der Waals surface area contributed by atoms with Crippen LogP contribution in [0.4, 0.5) is 11.4 Å². The summed E-state index contributed by atoms with van der Waals surface area (Å²) < 4.78 is 0. The van der Waals surface area contributed by atoms with Gasteiger partial charge in [-0.05, 0) is 38.1 Å². The molecule has 0 aliphatic carbocycles. The number of thioether (sulfide) groups is 1. The predicted molar refractivity (Wildman–Crippen MR) is 74.7 cm³/mol. The molecular weight excluding hydrogens is 216 g/mol. The minimum Gasteiger partial charge on any atom is -0.383 e. The Kier molecular flexibility index (Phi) is 3.99. The van der Waals surface area contributed by atoms with Crippen LogP contribution in [0.15, 0.2) is 24.3 Å². The molecule has 3 heteroatoms. The third-order valence-corrected chi connectivity index (χ3v) is 3.64. The van der Waals surface area contributed by atoms with Crippen LogP contribution in [0.25, 0.3) is 0 Å². The van der Waals surface area contributed by atoms with Gasteiger partial charge < -0.3 is 10.2 Å². The Morgan fingerprint density at radius 3 is 2.31 bits per heavy atom. The minimum absolute atomic E-state index is 0.497. The van der Waals surface area contributed by atoms with E-state index in [2.05, 4.69) is 60.1 Å².